The summed E-state index contributed by atoms with van der Waals surface area (Å²) in [5, 5.41) is 32.2. The van der Waals surface area contributed by atoms with E-state index >= 15 is 0 Å². The fraction of sp³-hybridized carbons (Fsp3) is 0.231. The Morgan fingerprint density at radius 1 is 0.604 bits per heavy atom. The Hall–Kier alpha value is -4.62. The number of phenols is 1. The summed E-state index contributed by atoms with van der Waals surface area (Å²) in [6, 6.07) is 24.1. The van der Waals surface area contributed by atoms with Gasteiger partial charge in [0.05, 0.1) is 18.1 Å². The first kappa shape index (κ1) is 39.6. The molecule has 0 aliphatic heterocycles. The molecule has 0 amide bonds. The molecule has 2 heterocycles. The molecule has 4 atom stereocenters. The third kappa shape index (κ3) is 7.59. The number of phenolic OH excluding ortho intramolecular Hbond substituents is 1. The van der Waals surface area contributed by atoms with Gasteiger partial charge in [-0.25, -0.2) is 0 Å². The monoisotopic (exact) mass is 776 g/mol. The van der Waals surface area contributed by atoms with E-state index in [0.29, 0.717) is 27.6 Å². The molecule has 53 heavy (non-hydrogen) atoms. The fourth-order valence-corrected chi connectivity index (χ4v) is 6.85. The zero-order valence-corrected chi connectivity index (χ0v) is 29.7. The molecule has 0 aliphatic carbocycles. The van der Waals surface area contributed by atoms with Gasteiger partial charge in [0.2, 0.25) is 0 Å². The number of para-hydroxylation sites is 2. The van der Waals surface area contributed by atoms with E-state index in [0.717, 1.165) is 18.5 Å². The summed E-state index contributed by atoms with van der Waals surface area (Å²) in [5.74, 6) is -2.56. The number of benzene rings is 4. The number of aromatic hydroxyl groups is 1. The number of halogens is 8. The van der Waals surface area contributed by atoms with Gasteiger partial charge in [0, 0.05) is 56.2 Å². The molecule has 278 valence electrons. The number of aromatic nitrogens is 2. The molecule has 0 saturated heterocycles. The minimum atomic E-state index is -4.97. The quantitative estimate of drug-likeness (QED) is 0.140. The Kier molecular flexibility index (Phi) is 11.2. The summed E-state index contributed by atoms with van der Waals surface area (Å²) in [7, 11) is 1.43. The van der Waals surface area contributed by atoms with Crippen molar-refractivity contribution in [1.29, 1.82) is 0 Å². The van der Waals surface area contributed by atoms with E-state index in [1.165, 1.54) is 63.4 Å². The second-order valence-electron chi connectivity index (χ2n) is 12.4. The van der Waals surface area contributed by atoms with E-state index in [-0.39, 0.29) is 38.0 Å². The van der Waals surface area contributed by atoms with Crippen molar-refractivity contribution in [3.05, 3.63) is 142 Å². The van der Waals surface area contributed by atoms with Gasteiger partial charge in [0.1, 0.15) is 11.5 Å². The van der Waals surface area contributed by atoms with Crippen molar-refractivity contribution < 1.29 is 46.4 Å². The highest BCUT2D eigenvalue weighted by molar-refractivity contribution is 6.32. The Bertz CT molecular complexity index is 2250. The van der Waals surface area contributed by atoms with Gasteiger partial charge in [0.25, 0.3) is 0 Å². The summed E-state index contributed by atoms with van der Waals surface area (Å²) in [5.41, 5.74) is -5.79. The van der Waals surface area contributed by atoms with Crippen LogP contribution in [0, 0.1) is 0 Å². The van der Waals surface area contributed by atoms with E-state index in [2.05, 4.69) is 9.97 Å². The predicted molar refractivity (Wildman–Crippen MR) is 191 cm³/mol. The molecule has 4 aromatic carbocycles. The Morgan fingerprint density at radius 3 is 1.42 bits per heavy atom. The summed E-state index contributed by atoms with van der Waals surface area (Å²) < 4.78 is 89.1. The fourth-order valence-electron chi connectivity index (χ4n) is 6.18. The minimum Gasteiger partial charge on any atom is -0.508 e. The van der Waals surface area contributed by atoms with Crippen LogP contribution in [0.2, 0.25) is 10.0 Å². The third-order valence-electron chi connectivity index (χ3n) is 9.30. The number of hydrogen-bond acceptors (Lipinski definition) is 6. The number of pyridine rings is 2. The SMILES string of the molecule is CC(c1ccc(O)cc1Cl)C(O)(c1cnc2ccccc2c1)C(F)(F)F.COc1ccc(C(C)C(O)(c2cnc3ccccc3c2)C(F)(F)F)c(Cl)c1. The first-order valence-corrected chi connectivity index (χ1v) is 16.7. The van der Waals surface area contributed by atoms with Crippen molar-refractivity contribution in [3.8, 4) is 11.5 Å². The second-order valence-corrected chi connectivity index (χ2v) is 13.2. The molecule has 0 radical (unpaired) electrons. The lowest BCUT2D eigenvalue weighted by Crippen LogP contribution is -2.46. The highest BCUT2D eigenvalue weighted by Crippen LogP contribution is 2.51. The maximum absolute atomic E-state index is 14.1. The largest absolute Gasteiger partial charge is 0.508 e. The number of rotatable bonds is 7. The van der Waals surface area contributed by atoms with Crippen LogP contribution in [0.1, 0.15) is 47.9 Å². The molecule has 2 aromatic heterocycles. The van der Waals surface area contributed by atoms with Gasteiger partial charge in [-0.3, -0.25) is 9.97 Å². The number of alkyl halides is 6. The average molecular weight is 778 g/mol. The highest BCUT2D eigenvalue weighted by Gasteiger charge is 2.60. The van der Waals surface area contributed by atoms with E-state index in [9.17, 15) is 41.7 Å². The average Bonchev–Trinajstić information content (AvgIpc) is 3.12. The molecular formula is C39H32Cl2F6N2O4. The van der Waals surface area contributed by atoms with Crippen molar-refractivity contribution in [1.82, 2.24) is 9.97 Å². The van der Waals surface area contributed by atoms with Gasteiger partial charge in [0.15, 0.2) is 11.2 Å². The molecule has 0 spiro atoms. The summed E-state index contributed by atoms with van der Waals surface area (Å²) in [6.07, 6.45) is -7.83. The van der Waals surface area contributed by atoms with Crippen LogP contribution in [-0.4, -0.2) is 44.7 Å². The first-order chi connectivity index (χ1) is 24.8. The lowest BCUT2D eigenvalue weighted by atomic mass is 9.78. The molecule has 6 nitrogen and oxygen atoms in total. The Balaban J connectivity index is 0.000000204. The topological polar surface area (TPSA) is 95.7 Å². The number of hydrogen-bond donors (Lipinski definition) is 3. The number of ether oxygens (including phenoxy) is 1. The van der Waals surface area contributed by atoms with E-state index < -0.39 is 35.4 Å². The highest BCUT2D eigenvalue weighted by atomic mass is 35.5. The molecule has 0 bridgehead atoms. The van der Waals surface area contributed by atoms with Crippen LogP contribution in [-0.2, 0) is 11.2 Å². The number of nitrogens with zero attached hydrogens (tertiary/aromatic N) is 2. The van der Waals surface area contributed by atoms with Crippen molar-refractivity contribution in [3.63, 3.8) is 0 Å². The van der Waals surface area contributed by atoms with Crippen LogP contribution in [0.3, 0.4) is 0 Å². The molecule has 4 unspecified atom stereocenters. The normalized spacial score (nSPS) is 15.5. The third-order valence-corrected chi connectivity index (χ3v) is 9.96. The predicted octanol–water partition coefficient (Wildman–Crippen LogP) is 10.6. The zero-order chi connectivity index (χ0) is 38.9. The molecule has 0 fully saturated rings. The Labute approximate surface area is 310 Å². The summed E-state index contributed by atoms with van der Waals surface area (Å²) >= 11 is 12.2. The lowest BCUT2D eigenvalue weighted by molar-refractivity contribution is -0.274. The lowest BCUT2D eigenvalue weighted by Gasteiger charge is -2.36. The second kappa shape index (κ2) is 15.0. The maximum atomic E-state index is 14.1. The number of fused-ring (bicyclic) bond motifs is 2. The molecule has 0 saturated carbocycles. The Morgan fingerprint density at radius 2 is 1.02 bits per heavy atom. The van der Waals surface area contributed by atoms with E-state index in [4.69, 9.17) is 27.9 Å². The van der Waals surface area contributed by atoms with Gasteiger partial charge in [-0.15, -0.1) is 0 Å². The molecular weight excluding hydrogens is 745 g/mol. The number of methoxy groups -OCH3 is 1. The van der Waals surface area contributed by atoms with Gasteiger partial charge in [-0.05, 0) is 59.7 Å². The molecule has 14 heteroatoms. The van der Waals surface area contributed by atoms with Crippen molar-refractivity contribution in [2.24, 2.45) is 0 Å². The van der Waals surface area contributed by atoms with E-state index in [1.807, 2.05) is 0 Å². The molecule has 0 aliphatic rings. The minimum absolute atomic E-state index is 0.0612. The first-order valence-electron chi connectivity index (χ1n) is 15.9. The summed E-state index contributed by atoms with van der Waals surface area (Å²) in [4.78, 5) is 8.11. The van der Waals surface area contributed by atoms with Crippen LogP contribution in [0.25, 0.3) is 21.8 Å². The van der Waals surface area contributed by atoms with Crippen molar-refractivity contribution >= 4 is 45.0 Å². The van der Waals surface area contributed by atoms with Crippen LogP contribution in [0.4, 0.5) is 26.3 Å². The summed E-state index contributed by atoms with van der Waals surface area (Å²) in [6.45, 7) is 2.53. The van der Waals surface area contributed by atoms with Crippen LogP contribution >= 0.6 is 23.2 Å². The van der Waals surface area contributed by atoms with Crippen molar-refractivity contribution in [2.45, 2.75) is 49.2 Å². The van der Waals surface area contributed by atoms with Gasteiger partial charge >= 0.3 is 12.4 Å². The van der Waals surface area contributed by atoms with Gasteiger partial charge < -0.3 is 20.1 Å². The van der Waals surface area contributed by atoms with Crippen LogP contribution < -0.4 is 4.74 Å². The zero-order valence-electron chi connectivity index (χ0n) is 28.2. The maximum Gasteiger partial charge on any atom is 0.422 e. The van der Waals surface area contributed by atoms with Crippen LogP contribution in [0.5, 0.6) is 11.5 Å². The molecule has 6 aromatic rings. The van der Waals surface area contributed by atoms with Gasteiger partial charge in [-0.1, -0.05) is 85.6 Å². The smallest absolute Gasteiger partial charge is 0.422 e. The number of aliphatic hydroxyl groups is 2. The molecule has 3 N–H and O–H groups in total. The molecule has 6 rings (SSSR count). The van der Waals surface area contributed by atoms with Crippen molar-refractivity contribution in [2.75, 3.05) is 7.11 Å². The van der Waals surface area contributed by atoms with Gasteiger partial charge in [-0.2, -0.15) is 26.3 Å². The standard InChI is InChI=1S/C20H17ClF3NO2.C19H15ClF3NO2/c1-12(16-8-7-15(27-2)10-17(16)21)19(26,20(22,23)24)14-9-13-5-3-4-6-18(13)25-11-14;1-11(15-7-6-14(25)9-16(15)20)18(26,19(21,22)23)13-8-12-4-2-3-5-17(12)24-10-13/h3-12,26H,1-2H3;2-11,25-26H,1H3. The van der Waals surface area contributed by atoms with Crippen LogP contribution in [0.15, 0.2) is 109 Å². The van der Waals surface area contributed by atoms with E-state index in [1.54, 1.807) is 48.5 Å².